The zero-order chi connectivity index (χ0) is 9.97. The van der Waals surface area contributed by atoms with Crippen molar-refractivity contribution >= 4 is 17.1 Å². The van der Waals surface area contributed by atoms with Crippen molar-refractivity contribution in [2.75, 3.05) is 18.4 Å². The van der Waals surface area contributed by atoms with Crippen molar-refractivity contribution < 1.29 is 4.42 Å². The monoisotopic (exact) mass is 191 g/mol. The summed E-state index contributed by atoms with van der Waals surface area (Å²) in [5, 5.41) is 3.00. The van der Waals surface area contributed by atoms with Gasteiger partial charge in [0.2, 0.25) is 0 Å². The van der Waals surface area contributed by atoms with Gasteiger partial charge in [0.15, 0.2) is 5.58 Å². The van der Waals surface area contributed by atoms with Crippen LogP contribution >= 0.6 is 0 Å². The van der Waals surface area contributed by atoms with Crippen LogP contribution in [-0.2, 0) is 0 Å². The second-order valence-electron chi connectivity index (χ2n) is 3.21. The summed E-state index contributed by atoms with van der Waals surface area (Å²) in [6.07, 6.45) is 0. The molecule has 0 bridgehead atoms. The zero-order valence-electron chi connectivity index (χ0n) is 8.08. The van der Waals surface area contributed by atoms with Crippen LogP contribution in [0, 0.1) is 6.92 Å². The van der Waals surface area contributed by atoms with Gasteiger partial charge in [-0.2, -0.15) is 4.98 Å². The highest BCUT2D eigenvalue weighted by Gasteiger charge is 2.03. The number of rotatable bonds is 3. The smallest absolute Gasteiger partial charge is 0.295 e. The van der Waals surface area contributed by atoms with Crippen molar-refractivity contribution in [2.24, 2.45) is 5.73 Å². The molecule has 0 saturated carbocycles. The molecule has 2 aromatic rings. The maximum atomic E-state index is 5.47. The van der Waals surface area contributed by atoms with Crippen LogP contribution in [0.2, 0.25) is 0 Å². The van der Waals surface area contributed by atoms with Crippen LogP contribution in [0.5, 0.6) is 0 Å². The summed E-state index contributed by atoms with van der Waals surface area (Å²) in [5.74, 6) is 0. The molecule has 1 aromatic carbocycles. The molecule has 0 atom stereocenters. The van der Waals surface area contributed by atoms with Crippen molar-refractivity contribution in [3.05, 3.63) is 23.8 Å². The second-order valence-corrected chi connectivity index (χ2v) is 3.21. The van der Waals surface area contributed by atoms with E-state index in [4.69, 9.17) is 10.2 Å². The zero-order valence-corrected chi connectivity index (χ0v) is 8.08. The molecule has 0 aliphatic rings. The van der Waals surface area contributed by atoms with E-state index in [0.29, 0.717) is 19.1 Å². The van der Waals surface area contributed by atoms with Crippen molar-refractivity contribution in [2.45, 2.75) is 6.92 Å². The van der Waals surface area contributed by atoms with Gasteiger partial charge < -0.3 is 15.5 Å². The minimum atomic E-state index is 0.538. The molecule has 14 heavy (non-hydrogen) atoms. The third-order valence-corrected chi connectivity index (χ3v) is 1.96. The molecule has 0 unspecified atom stereocenters. The highest BCUT2D eigenvalue weighted by atomic mass is 16.4. The minimum Gasteiger partial charge on any atom is -0.424 e. The van der Waals surface area contributed by atoms with Crippen LogP contribution < -0.4 is 11.1 Å². The number of benzene rings is 1. The van der Waals surface area contributed by atoms with Crippen LogP contribution in [-0.4, -0.2) is 18.1 Å². The van der Waals surface area contributed by atoms with Gasteiger partial charge in [-0.05, 0) is 24.6 Å². The average Bonchev–Trinajstić information content (AvgIpc) is 2.56. The number of anilines is 1. The van der Waals surface area contributed by atoms with Crippen molar-refractivity contribution in [3.8, 4) is 0 Å². The van der Waals surface area contributed by atoms with Gasteiger partial charge in [0.1, 0.15) is 5.52 Å². The summed E-state index contributed by atoms with van der Waals surface area (Å²) in [5.41, 5.74) is 8.21. The lowest BCUT2D eigenvalue weighted by Crippen LogP contribution is -2.13. The van der Waals surface area contributed by atoms with E-state index in [-0.39, 0.29) is 0 Å². The van der Waals surface area contributed by atoms with E-state index in [1.54, 1.807) is 0 Å². The molecule has 0 aliphatic heterocycles. The van der Waals surface area contributed by atoms with Gasteiger partial charge in [0.05, 0.1) is 0 Å². The highest BCUT2D eigenvalue weighted by molar-refractivity contribution is 5.75. The van der Waals surface area contributed by atoms with E-state index in [2.05, 4.69) is 10.3 Å². The first kappa shape index (κ1) is 9.02. The standard InChI is InChI=1S/C10H13N3O/c1-7-2-3-8-9(6-7)14-10(13-8)12-5-4-11/h2-3,6H,4-5,11H2,1H3,(H,12,13). The Morgan fingerprint density at radius 3 is 3.14 bits per heavy atom. The van der Waals surface area contributed by atoms with E-state index in [0.717, 1.165) is 11.1 Å². The van der Waals surface area contributed by atoms with E-state index >= 15 is 0 Å². The number of nitrogens with one attached hydrogen (secondary N) is 1. The van der Waals surface area contributed by atoms with Gasteiger partial charge in [-0.15, -0.1) is 0 Å². The average molecular weight is 191 g/mol. The summed E-state index contributed by atoms with van der Waals surface area (Å²) in [6, 6.07) is 6.46. The van der Waals surface area contributed by atoms with Gasteiger partial charge in [0, 0.05) is 13.1 Å². The fraction of sp³-hybridized carbons (Fsp3) is 0.300. The first-order valence-corrected chi connectivity index (χ1v) is 4.61. The SMILES string of the molecule is Cc1ccc2nc(NCCN)oc2c1. The number of hydrogen-bond donors (Lipinski definition) is 2. The van der Waals surface area contributed by atoms with Crippen molar-refractivity contribution in [3.63, 3.8) is 0 Å². The number of fused-ring (bicyclic) bond motifs is 1. The fourth-order valence-electron chi connectivity index (χ4n) is 1.29. The maximum absolute atomic E-state index is 5.47. The van der Waals surface area contributed by atoms with Gasteiger partial charge >= 0.3 is 0 Å². The molecule has 0 radical (unpaired) electrons. The Morgan fingerprint density at radius 2 is 2.36 bits per heavy atom. The summed E-state index contributed by atoms with van der Waals surface area (Å²) in [6.45, 7) is 3.26. The molecule has 0 amide bonds. The summed E-state index contributed by atoms with van der Waals surface area (Å²) in [4.78, 5) is 4.26. The third-order valence-electron chi connectivity index (χ3n) is 1.96. The molecule has 0 aliphatic carbocycles. The summed E-state index contributed by atoms with van der Waals surface area (Å²) in [7, 11) is 0. The molecule has 0 saturated heterocycles. The van der Waals surface area contributed by atoms with Gasteiger partial charge in [-0.1, -0.05) is 6.07 Å². The van der Waals surface area contributed by atoms with Gasteiger partial charge in [-0.3, -0.25) is 0 Å². The number of aryl methyl sites for hydroxylation is 1. The van der Waals surface area contributed by atoms with Crippen molar-refractivity contribution in [1.82, 2.24) is 4.98 Å². The van der Waals surface area contributed by atoms with E-state index in [1.165, 1.54) is 5.56 Å². The Hall–Kier alpha value is -1.55. The number of oxazole rings is 1. The Morgan fingerprint density at radius 1 is 1.50 bits per heavy atom. The Balaban J connectivity index is 2.32. The fourth-order valence-corrected chi connectivity index (χ4v) is 1.29. The Bertz CT molecular complexity index is 436. The van der Waals surface area contributed by atoms with Crippen LogP contribution in [0.1, 0.15) is 5.56 Å². The predicted octanol–water partition coefficient (Wildman–Crippen LogP) is 1.51. The van der Waals surface area contributed by atoms with Gasteiger partial charge in [-0.25, -0.2) is 0 Å². The van der Waals surface area contributed by atoms with Gasteiger partial charge in [0.25, 0.3) is 6.01 Å². The molecule has 1 aromatic heterocycles. The Kier molecular flexibility index (Phi) is 2.37. The van der Waals surface area contributed by atoms with Crippen LogP contribution in [0.4, 0.5) is 6.01 Å². The molecular formula is C10H13N3O. The molecule has 1 heterocycles. The molecule has 4 nitrogen and oxygen atoms in total. The normalized spacial score (nSPS) is 10.7. The van der Waals surface area contributed by atoms with E-state index in [1.807, 2.05) is 25.1 Å². The quantitative estimate of drug-likeness (QED) is 0.771. The van der Waals surface area contributed by atoms with Crippen LogP contribution in [0.25, 0.3) is 11.1 Å². The maximum Gasteiger partial charge on any atom is 0.295 e. The van der Waals surface area contributed by atoms with Crippen LogP contribution in [0.15, 0.2) is 22.6 Å². The minimum absolute atomic E-state index is 0.538. The molecule has 4 heteroatoms. The lowest BCUT2D eigenvalue weighted by atomic mass is 10.2. The summed E-state index contributed by atoms with van der Waals surface area (Å²) < 4.78 is 5.47. The number of hydrogen-bond acceptors (Lipinski definition) is 4. The number of nitrogens with zero attached hydrogens (tertiary/aromatic N) is 1. The largest absolute Gasteiger partial charge is 0.424 e. The molecule has 0 fully saturated rings. The first-order valence-electron chi connectivity index (χ1n) is 4.61. The highest BCUT2D eigenvalue weighted by Crippen LogP contribution is 2.19. The molecule has 74 valence electrons. The van der Waals surface area contributed by atoms with Crippen molar-refractivity contribution in [1.29, 1.82) is 0 Å². The molecule has 2 rings (SSSR count). The number of nitrogens with two attached hydrogens (primary N) is 1. The topological polar surface area (TPSA) is 64.1 Å². The first-order chi connectivity index (χ1) is 6.79. The molecule has 3 N–H and O–H groups in total. The van der Waals surface area contributed by atoms with E-state index in [9.17, 15) is 0 Å². The lowest BCUT2D eigenvalue weighted by molar-refractivity contribution is 0.615. The lowest BCUT2D eigenvalue weighted by Gasteiger charge is -1.95. The third kappa shape index (κ3) is 1.70. The molecular weight excluding hydrogens is 178 g/mol. The summed E-state index contributed by atoms with van der Waals surface area (Å²) >= 11 is 0. The Labute approximate surface area is 82.1 Å². The van der Waals surface area contributed by atoms with Crippen LogP contribution in [0.3, 0.4) is 0 Å². The predicted molar refractivity (Wildman–Crippen MR) is 56.3 cm³/mol. The number of aromatic nitrogens is 1. The van der Waals surface area contributed by atoms with E-state index < -0.39 is 0 Å². The molecule has 0 spiro atoms. The second kappa shape index (κ2) is 3.67.